The number of hydrogen-bond donors (Lipinski definition) is 2. The fourth-order valence-corrected chi connectivity index (χ4v) is 1.36. The van der Waals surface area contributed by atoms with Gasteiger partial charge in [0.2, 0.25) is 5.88 Å². The maximum absolute atomic E-state index is 12.6. The minimum atomic E-state index is -4.50. The lowest BCUT2D eigenvalue weighted by Gasteiger charge is -2.11. The number of alkyl halides is 3. The smallest absolute Gasteiger partial charge is 0.416 e. The van der Waals surface area contributed by atoms with E-state index in [1.807, 2.05) is 0 Å². The molecule has 2 rings (SSSR count). The fourth-order valence-electron chi connectivity index (χ4n) is 1.36. The molecule has 102 valence electrons. The van der Waals surface area contributed by atoms with Crippen molar-refractivity contribution in [1.29, 1.82) is 0 Å². The molecule has 0 fully saturated rings. The molecule has 2 aromatic rings. The van der Waals surface area contributed by atoms with E-state index in [4.69, 9.17) is 15.0 Å². The molecule has 0 aliphatic heterocycles. The summed E-state index contributed by atoms with van der Waals surface area (Å²) in [7, 11) is 0. The molecule has 0 atom stereocenters. The lowest BCUT2D eigenvalue weighted by Crippen LogP contribution is -2.13. The SMILES string of the molecule is NNc1cc(C(F)(F)F)cc(OCc2ccco2)n1. The van der Waals surface area contributed by atoms with Crippen molar-refractivity contribution in [2.75, 3.05) is 5.43 Å². The highest BCUT2D eigenvalue weighted by atomic mass is 19.4. The average Bonchev–Trinajstić information content (AvgIpc) is 2.88. The molecule has 0 amide bonds. The summed E-state index contributed by atoms with van der Waals surface area (Å²) < 4.78 is 48.0. The van der Waals surface area contributed by atoms with Crippen molar-refractivity contribution in [2.24, 2.45) is 5.84 Å². The van der Waals surface area contributed by atoms with Gasteiger partial charge >= 0.3 is 6.18 Å². The fraction of sp³-hybridized carbons (Fsp3) is 0.182. The number of nitrogens with two attached hydrogens (primary N) is 1. The Morgan fingerprint density at radius 2 is 2.16 bits per heavy atom. The van der Waals surface area contributed by atoms with Gasteiger partial charge in [-0.1, -0.05) is 0 Å². The van der Waals surface area contributed by atoms with Crippen LogP contribution in [0.1, 0.15) is 11.3 Å². The van der Waals surface area contributed by atoms with Gasteiger partial charge < -0.3 is 14.6 Å². The molecule has 0 radical (unpaired) electrons. The van der Waals surface area contributed by atoms with Crippen molar-refractivity contribution in [2.45, 2.75) is 12.8 Å². The molecular formula is C11H10F3N3O2. The molecular weight excluding hydrogens is 263 g/mol. The van der Waals surface area contributed by atoms with Crippen LogP contribution < -0.4 is 16.0 Å². The molecule has 0 spiro atoms. The van der Waals surface area contributed by atoms with Gasteiger partial charge in [-0.25, -0.2) is 5.84 Å². The van der Waals surface area contributed by atoms with Gasteiger partial charge in [0.05, 0.1) is 11.8 Å². The molecule has 2 aromatic heterocycles. The van der Waals surface area contributed by atoms with Gasteiger partial charge in [0.15, 0.2) is 0 Å². The van der Waals surface area contributed by atoms with E-state index in [1.165, 1.54) is 6.26 Å². The summed E-state index contributed by atoms with van der Waals surface area (Å²) in [6, 6.07) is 4.87. The zero-order chi connectivity index (χ0) is 13.9. The molecule has 5 nitrogen and oxygen atoms in total. The summed E-state index contributed by atoms with van der Waals surface area (Å²) in [4.78, 5) is 3.76. The lowest BCUT2D eigenvalue weighted by molar-refractivity contribution is -0.137. The maximum atomic E-state index is 12.6. The van der Waals surface area contributed by atoms with Crippen molar-refractivity contribution >= 4 is 5.82 Å². The second-order valence-electron chi connectivity index (χ2n) is 3.59. The first-order valence-electron chi connectivity index (χ1n) is 5.20. The summed E-state index contributed by atoms with van der Waals surface area (Å²) in [6.45, 7) is -0.0225. The van der Waals surface area contributed by atoms with E-state index in [2.05, 4.69) is 10.4 Å². The Hall–Kier alpha value is -2.22. The summed E-state index contributed by atoms with van der Waals surface area (Å²) in [5, 5.41) is 0. The summed E-state index contributed by atoms with van der Waals surface area (Å²) in [5.74, 6) is 5.21. The lowest BCUT2D eigenvalue weighted by atomic mass is 10.2. The zero-order valence-corrected chi connectivity index (χ0v) is 9.57. The summed E-state index contributed by atoms with van der Waals surface area (Å²) in [6.07, 6.45) is -3.07. The number of nitrogens with zero attached hydrogens (tertiary/aromatic N) is 1. The third-order valence-corrected chi connectivity index (χ3v) is 2.22. The third-order valence-electron chi connectivity index (χ3n) is 2.22. The zero-order valence-electron chi connectivity index (χ0n) is 9.57. The van der Waals surface area contributed by atoms with E-state index in [9.17, 15) is 13.2 Å². The Bertz CT molecular complexity index is 541. The minimum absolute atomic E-state index is 0.0225. The highest BCUT2D eigenvalue weighted by Gasteiger charge is 2.32. The van der Waals surface area contributed by atoms with Crippen LogP contribution in [-0.2, 0) is 12.8 Å². The average molecular weight is 273 g/mol. The number of nitrogens with one attached hydrogen (secondary N) is 1. The Labute approximate surface area is 106 Å². The highest BCUT2D eigenvalue weighted by molar-refractivity contribution is 5.41. The minimum Gasteiger partial charge on any atom is -0.469 e. The largest absolute Gasteiger partial charge is 0.469 e. The van der Waals surface area contributed by atoms with E-state index in [-0.39, 0.29) is 18.3 Å². The van der Waals surface area contributed by atoms with Crippen LogP contribution in [0.3, 0.4) is 0 Å². The van der Waals surface area contributed by atoms with Crippen molar-refractivity contribution in [3.8, 4) is 5.88 Å². The van der Waals surface area contributed by atoms with Crippen LogP contribution in [0.4, 0.5) is 19.0 Å². The molecule has 0 bridgehead atoms. The van der Waals surface area contributed by atoms with Crippen LogP contribution in [0.5, 0.6) is 5.88 Å². The van der Waals surface area contributed by atoms with E-state index < -0.39 is 11.7 Å². The van der Waals surface area contributed by atoms with Crippen molar-refractivity contribution in [3.05, 3.63) is 41.9 Å². The highest BCUT2D eigenvalue weighted by Crippen LogP contribution is 2.32. The predicted octanol–water partition coefficient (Wildman–Crippen LogP) is 2.56. The van der Waals surface area contributed by atoms with Gasteiger partial charge in [-0.15, -0.1) is 0 Å². The Balaban J connectivity index is 2.19. The quantitative estimate of drug-likeness (QED) is 0.661. The molecule has 19 heavy (non-hydrogen) atoms. The van der Waals surface area contributed by atoms with Crippen LogP contribution in [0, 0.1) is 0 Å². The number of hydrogen-bond acceptors (Lipinski definition) is 5. The molecule has 0 unspecified atom stereocenters. The molecule has 0 aromatic carbocycles. The van der Waals surface area contributed by atoms with Gasteiger partial charge in [0, 0.05) is 6.07 Å². The number of anilines is 1. The van der Waals surface area contributed by atoms with E-state index in [1.54, 1.807) is 12.1 Å². The molecule has 0 saturated carbocycles. The number of aromatic nitrogens is 1. The number of rotatable bonds is 4. The Morgan fingerprint density at radius 3 is 2.74 bits per heavy atom. The molecule has 3 N–H and O–H groups in total. The van der Waals surface area contributed by atoms with E-state index in [0.29, 0.717) is 5.76 Å². The van der Waals surface area contributed by atoms with Crippen molar-refractivity contribution in [1.82, 2.24) is 4.98 Å². The van der Waals surface area contributed by atoms with Gasteiger partial charge in [-0.3, -0.25) is 0 Å². The number of halogens is 3. The van der Waals surface area contributed by atoms with Gasteiger partial charge in [-0.05, 0) is 18.2 Å². The number of nitrogen functional groups attached to an aromatic ring is 1. The Kier molecular flexibility index (Phi) is 3.61. The predicted molar refractivity (Wildman–Crippen MR) is 60.1 cm³/mol. The van der Waals surface area contributed by atoms with Crippen molar-refractivity contribution in [3.63, 3.8) is 0 Å². The first kappa shape index (κ1) is 13.2. The maximum Gasteiger partial charge on any atom is 0.416 e. The molecule has 0 aliphatic carbocycles. The first-order valence-corrected chi connectivity index (χ1v) is 5.20. The van der Waals surface area contributed by atoms with E-state index in [0.717, 1.165) is 12.1 Å². The topological polar surface area (TPSA) is 73.3 Å². The van der Waals surface area contributed by atoms with Crippen molar-refractivity contribution < 1.29 is 22.3 Å². The molecule has 2 heterocycles. The van der Waals surface area contributed by atoms with Crippen LogP contribution in [0.2, 0.25) is 0 Å². The second kappa shape index (κ2) is 5.19. The monoisotopic (exact) mass is 273 g/mol. The summed E-state index contributed by atoms with van der Waals surface area (Å²) in [5.41, 5.74) is 1.16. The van der Waals surface area contributed by atoms with Crippen LogP contribution in [-0.4, -0.2) is 4.98 Å². The van der Waals surface area contributed by atoms with Gasteiger partial charge in [0.25, 0.3) is 0 Å². The number of furan rings is 1. The number of hydrazine groups is 1. The molecule has 0 saturated heterocycles. The van der Waals surface area contributed by atoms with Crippen LogP contribution >= 0.6 is 0 Å². The second-order valence-corrected chi connectivity index (χ2v) is 3.59. The van der Waals surface area contributed by atoms with Crippen LogP contribution in [0.15, 0.2) is 34.9 Å². The van der Waals surface area contributed by atoms with Crippen LogP contribution in [0.25, 0.3) is 0 Å². The standard InChI is InChI=1S/C11H10F3N3O2/c12-11(13,14)7-4-9(17-15)16-10(5-7)19-6-8-2-1-3-18-8/h1-5H,6,15H2,(H,16,17). The first-order chi connectivity index (χ1) is 8.99. The Morgan fingerprint density at radius 1 is 1.37 bits per heavy atom. The molecule has 8 heteroatoms. The number of ether oxygens (including phenoxy) is 1. The molecule has 0 aliphatic rings. The number of pyridine rings is 1. The summed E-state index contributed by atoms with van der Waals surface area (Å²) >= 11 is 0. The van der Waals surface area contributed by atoms with E-state index >= 15 is 0 Å². The normalized spacial score (nSPS) is 11.4. The van der Waals surface area contributed by atoms with Gasteiger partial charge in [0.1, 0.15) is 18.2 Å². The third kappa shape index (κ3) is 3.38. The van der Waals surface area contributed by atoms with Gasteiger partial charge in [-0.2, -0.15) is 18.2 Å².